The van der Waals surface area contributed by atoms with Crippen LogP contribution in [0.4, 0.5) is 17.5 Å². The minimum Gasteiger partial charge on any atom is -0.353 e. The average Bonchev–Trinajstić information content (AvgIpc) is 2.48. The number of aryl methyl sites for hydroxylation is 1. The molecule has 1 aromatic carbocycles. The van der Waals surface area contributed by atoms with Crippen LogP contribution in [0.3, 0.4) is 0 Å². The summed E-state index contributed by atoms with van der Waals surface area (Å²) in [4.78, 5) is 6.52. The van der Waals surface area contributed by atoms with Crippen molar-refractivity contribution in [1.29, 1.82) is 0 Å². The summed E-state index contributed by atoms with van der Waals surface area (Å²) in [5, 5.41) is 15.0. The quantitative estimate of drug-likeness (QED) is 0.765. The fourth-order valence-electron chi connectivity index (χ4n) is 1.85. The van der Waals surface area contributed by atoms with Crippen molar-refractivity contribution < 1.29 is 0 Å². The number of aromatic nitrogens is 3. The lowest BCUT2D eigenvalue weighted by molar-refractivity contribution is 0.405. The van der Waals surface area contributed by atoms with Gasteiger partial charge in [-0.15, -0.1) is 5.10 Å². The predicted octanol–water partition coefficient (Wildman–Crippen LogP) is 2.94. The third-order valence-electron chi connectivity index (χ3n) is 3.07. The summed E-state index contributed by atoms with van der Waals surface area (Å²) in [6, 6.07) is 5.77. The van der Waals surface area contributed by atoms with Gasteiger partial charge in [-0.05, 0) is 51.7 Å². The molecule has 0 aliphatic rings. The lowest BCUT2D eigenvalue weighted by atomic mass is 10.2. The second-order valence-corrected chi connectivity index (χ2v) is 5.74. The first kappa shape index (κ1) is 16.5. The van der Waals surface area contributed by atoms with Gasteiger partial charge in [0.2, 0.25) is 5.95 Å². The Morgan fingerprint density at radius 1 is 1.27 bits per heavy atom. The number of nitrogens with one attached hydrogen (secondary N) is 2. The molecule has 0 aliphatic carbocycles. The maximum Gasteiger partial charge on any atom is 0.244 e. The van der Waals surface area contributed by atoms with Gasteiger partial charge in [0.15, 0.2) is 5.82 Å². The van der Waals surface area contributed by atoms with Crippen LogP contribution in [0, 0.1) is 6.92 Å². The van der Waals surface area contributed by atoms with Crippen molar-refractivity contribution in [3.63, 3.8) is 0 Å². The maximum absolute atomic E-state index is 6.12. The summed E-state index contributed by atoms with van der Waals surface area (Å²) in [6.07, 6.45) is 2.60. The molecule has 1 heterocycles. The third-order valence-corrected chi connectivity index (χ3v) is 3.48. The molecule has 0 atom stereocenters. The second-order valence-electron chi connectivity index (χ2n) is 5.34. The van der Waals surface area contributed by atoms with Crippen molar-refractivity contribution in [2.24, 2.45) is 0 Å². The van der Waals surface area contributed by atoms with Crippen molar-refractivity contribution in [1.82, 2.24) is 20.1 Å². The minimum atomic E-state index is 0.516. The van der Waals surface area contributed by atoms with Gasteiger partial charge in [-0.3, -0.25) is 0 Å². The minimum absolute atomic E-state index is 0.516. The third kappa shape index (κ3) is 5.13. The van der Waals surface area contributed by atoms with E-state index >= 15 is 0 Å². The van der Waals surface area contributed by atoms with Gasteiger partial charge in [-0.25, -0.2) is 0 Å². The zero-order valence-electron chi connectivity index (χ0n) is 13.1. The van der Waals surface area contributed by atoms with Gasteiger partial charge in [0.25, 0.3) is 0 Å². The van der Waals surface area contributed by atoms with Crippen LogP contribution in [0.25, 0.3) is 0 Å². The number of halogens is 1. The van der Waals surface area contributed by atoms with Crippen LogP contribution >= 0.6 is 11.6 Å². The molecule has 22 heavy (non-hydrogen) atoms. The Morgan fingerprint density at radius 2 is 2.09 bits per heavy atom. The van der Waals surface area contributed by atoms with Crippen molar-refractivity contribution in [3.05, 3.63) is 35.0 Å². The van der Waals surface area contributed by atoms with Crippen LogP contribution in [0.15, 0.2) is 24.4 Å². The molecule has 0 radical (unpaired) electrons. The van der Waals surface area contributed by atoms with Crippen molar-refractivity contribution in [3.8, 4) is 0 Å². The number of hydrogen-bond donors (Lipinski definition) is 2. The smallest absolute Gasteiger partial charge is 0.244 e. The lowest BCUT2D eigenvalue weighted by Crippen LogP contribution is -2.17. The number of hydrogen-bond acceptors (Lipinski definition) is 6. The Labute approximate surface area is 135 Å². The van der Waals surface area contributed by atoms with Crippen molar-refractivity contribution >= 4 is 29.1 Å². The van der Waals surface area contributed by atoms with Crippen LogP contribution in [0.2, 0.25) is 5.02 Å². The molecule has 0 aliphatic heterocycles. The predicted molar refractivity (Wildman–Crippen MR) is 91.0 cm³/mol. The van der Waals surface area contributed by atoms with Crippen LogP contribution in [0.5, 0.6) is 0 Å². The topological polar surface area (TPSA) is 66.0 Å². The molecule has 0 unspecified atom stereocenters. The molecule has 7 heteroatoms. The molecular weight excluding hydrogens is 300 g/mol. The molecule has 0 saturated carbocycles. The molecular formula is C15H21ClN6. The standard InChI is InChI=1S/C15H21ClN6/c1-11-5-6-12(9-13(11)16)19-14-10-18-21-15(20-14)17-7-4-8-22(2)3/h5-6,9-10H,4,7-8H2,1-3H3,(H2,17,19,20,21). The molecule has 2 rings (SSSR count). The highest BCUT2D eigenvalue weighted by atomic mass is 35.5. The van der Waals surface area contributed by atoms with E-state index in [4.69, 9.17) is 11.6 Å². The number of nitrogens with zero attached hydrogens (tertiary/aromatic N) is 4. The van der Waals surface area contributed by atoms with E-state index < -0.39 is 0 Å². The van der Waals surface area contributed by atoms with E-state index in [-0.39, 0.29) is 0 Å². The fraction of sp³-hybridized carbons (Fsp3) is 0.400. The molecule has 0 bridgehead atoms. The second kappa shape index (κ2) is 7.91. The summed E-state index contributed by atoms with van der Waals surface area (Å²) in [5.41, 5.74) is 1.91. The van der Waals surface area contributed by atoms with Gasteiger partial charge in [-0.2, -0.15) is 10.1 Å². The maximum atomic E-state index is 6.12. The van der Waals surface area contributed by atoms with Crippen molar-refractivity contribution in [2.45, 2.75) is 13.3 Å². The SMILES string of the molecule is Cc1ccc(Nc2cnnc(NCCCN(C)C)n2)cc1Cl. The molecule has 0 amide bonds. The first-order chi connectivity index (χ1) is 10.5. The van der Waals surface area contributed by atoms with Gasteiger partial charge in [0.05, 0.1) is 6.20 Å². The van der Waals surface area contributed by atoms with Gasteiger partial charge in [-0.1, -0.05) is 17.7 Å². The van der Waals surface area contributed by atoms with E-state index in [1.165, 1.54) is 0 Å². The Kier molecular flexibility index (Phi) is 5.91. The molecule has 0 fully saturated rings. The van der Waals surface area contributed by atoms with E-state index in [0.717, 1.165) is 30.8 Å². The molecule has 118 valence electrons. The highest BCUT2D eigenvalue weighted by Crippen LogP contribution is 2.22. The summed E-state index contributed by atoms with van der Waals surface area (Å²) in [6.45, 7) is 3.79. The number of rotatable bonds is 7. The first-order valence-corrected chi connectivity index (χ1v) is 7.54. The van der Waals surface area contributed by atoms with Crippen LogP contribution in [0.1, 0.15) is 12.0 Å². The Morgan fingerprint density at radius 3 is 2.82 bits per heavy atom. The molecule has 2 N–H and O–H groups in total. The van der Waals surface area contributed by atoms with Crippen LogP contribution < -0.4 is 10.6 Å². The molecule has 6 nitrogen and oxygen atoms in total. The van der Waals surface area contributed by atoms with E-state index in [1.807, 2.05) is 25.1 Å². The van der Waals surface area contributed by atoms with Crippen molar-refractivity contribution in [2.75, 3.05) is 37.8 Å². The van der Waals surface area contributed by atoms with Gasteiger partial charge >= 0.3 is 0 Å². The highest BCUT2D eigenvalue weighted by Gasteiger charge is 2.03. The van der Waals surface area contributed by atoms with E-state index in [2.05, 4.69) is 44.8 Å². The van der Waals surface area contributed by atoms with Crippen LogP contribution in [-0.2, 0) is 0 Å². The first-order valence-electron chi connectivity index (χ1n) is 7.16. The van der Waals surface area contributed by atoms with Gasteiger partial charge in [0, 0.05) is 17.3 Å². The Bertz CT molecular complexity index is 617. The highest BCUT2D eigenvalue weighted by molar-refractivity contribution is 6.31. The number of benzene rings is 1. The molecule has 0 spiro atoms. The van der Waals surface area contributed by atoms with E-state index in [9.17, 15) is 0 Å². The monoisotopic (exact) mass is 320 g/mol. The van der Waals surface area contributed by atoms with Gasteiger partial charge < -0.3 is 15.5 Å². The lowest BCUT2D eigenvalue weighted by Gasteiger charge is -2.10. The molecule has 1 aromatic heterocycles. The van der Waals surface area contributed by atoms with E-state index in [0.29, 0.717) is 16.8 Å². The van der Waals surface area contributed by atoms with Crippen LogP contribution in [-0.4, -0.2) is 47.3 Å². The zero-order chi connectivity index (χ0) is 15.9. The average molecular weight is 321 g/mol. The largest absolute Gasteiger partial charge is 0.353 e. The normalized spacial score (nSPS) is 10.8. The van der Waals surface area contributed by atoms with E-state index in [1.54, 1.807) is 6.20 Å². The summed E-state index contributed by atoms with van der Waals surface area (Å²) in [5.74, 6) is 1.15. The summed E-state index contributed by atoms with van der Waals surface area (Å²) >= 11 is 6.12. The Hall–Kier alpha value is -1.92. The molecule has 2 aromatic rings. The fourth-order valence-corrected chi connectivity index (χ4v) is 2.03. The summed E-state index contributed by atoms with van der Waals surface area (Å²) in [7, 11) is 4.10. The van der Waals surface area contributed by atoms with Gasteiger partial charge in [0.1, 0.15) is 0 Å². The zero-order valence-corrected chi connectivity index (χ0v) is 13.9. The summed E-state index contributed by atoms with van der Waals surface area (Å²) < 4.78 is 0. The Balaban J connectivity index is 1.94. The number of anilines is 3. The molecule has 0 saturated heterocycles.